The van der Waals surface area contributed by atoms with Gasteiger partial charge in [-0.1, -0.05) is 34.6 Å². The van der Waals surface area contributed by atoms with Gasteiger partial charge in [-0.3, -0.25) is 4.79 Å². The van der Waals surface area contributed by atoms with Gasteiger partial charge in [-0.15, -0.1) is 0 Å². The van der Waals surface area contributed by atoms with E-state index in [-0.39, 0.29) is 12.0 Å². The van der Waals surface area contributed by atoms with E-state index in [1.54, 1.807) is 0 Å². The Labute approximate surface area is 107 Å². The molecule has 2 heteroatoms. The van der Waals surface area contributed by atoms with E-state index in [0.717, 1.165) is 32.1 Å². The van der Waals surface area contributed by atoms with Gasteiger partial charge in [0.05, 0.1) is 0 Å². The summed E-state index contributed by atoms with van der Waals surface area (Å²) in [5.41, 5.74) is 0.296. The average molecular weight is 242 g/mol. The van der Waals surface area contributed by atoms with Crippen molar-refractivity contribution in [1.82, 2.24) is 0 Å². The molecular weight excluding hydrogens is 212 g/mol. The number of aliphatic hydroxyl groups is 1. The molecule has 0 aliphatic rings. The maximum absolute atomic E-state index is 11.6. The van der Waals surface area contributed by atoms with Crippen LogP contribution in [0.4, 0.5) is 0 Å². The zero-order valence-corrected chi connectivity index (χ0v) is 12.3. The van der Waals surface area contributed by atoms with Gasteiger partial charge in [-0.25, -0.2) is 0 Å². The Morgan fingerprint density at radius 3 is 1.82 bits per heavy atom. The van der Waals surface area contributed by atoms with Crippen molar-refractivity contribution in [3.05, 3.63) is 0 Å². The lowest BCUT2D eigenvalue weighted by Crippen LogP contribution is -2.16. The summed E-state index contributed by atoms with van der Waals surface area (Å²) < 4.78 is 0. The number of hydrogen-bond donors (Lipinski definition) is 1. The summed E-state index contributed by atoms with van der Waals surface area (Å²) in [6, 6.07) is 0. The van der Waals surface area contributed by atoms with E-state index in [1.807, 2.05) is 13.8 Å². The van der Waals surface area contributed by atoms with Crippen molar-refractivity contribution in [1.29, 1.82) is 0 Å². The van der Waals surface area contributed by atoms with E-state index in [0.29, 0.717) is 17.6 Å². The van der Waals surface area contributed by atoms with Crippen LogP contribution in [-0.2, 0) is 4.79 Å². The Morgan fingerprint density at radius 1 is 0.941 bits per heavy atom. The highest BCUT2D eigenvalue weighted by molar-refractivity contribution is 5.78. The third-order valence-corrected chi connectivity index (χ3v) is 3.12. The van der Waals surface area contributed by atoms with Gasteiger partial charge in [0.25, 0.3) is 0 Å². The van der Waals surface area contributed by atoms with Crippen LogP contribution in [-0.4, -0.2) is 17.5 Å². The summed E-state index contributed by atoms with van der Waals surface area (Å²) in [6.07, 6.45) is 5.34. The smallest absolute Gasteiger partial charge is 0.132 e. The predicted molar refractivity (Wildman–Crippen MR) is 73.0 cm³/mol. The summed E-state index contributed by atoms with van der Waals surface area (Å²) in [7, 11) is 0. The van der Waals surface area contributed by atoms with Crippen molar-refractivity contribution in [2.75, 3.05) is 6.61 Å². The number of hydrogen-bond acceptors (Lipinski definition) is 2. The number of aliphatic hydroxyl groups excluding tert-OH is 1. The van der Waals surface area contributed by atoms with Crippen molar-refractivity contribution in [2.45, 2.75) is 73.1 Å². The third kappa shape index (κ3) is 10.5. The fourth-order valence-corrected chi connectivity index (χ4v) is 1.78. The highest BCUT2D eigenvalue weighted by Crippen LogP contribution is 2.24. The minimum atomic E-state index is -0.0360. The summed E-state index contributed by atoms with van der Waals surface area (Å²) in [5, 5.41) is 9.11. The normalized spacial score (nSPS) is 12.8. The Morgan fingerprint density at radius 2 is 1.41 bits per heavy atom. The topological polar surface area (TPSA) is 37.3 Å². The molecule has 0 aromatic carbocycles. The molecule has 0 atom stereocenters. The average Bonchev–Trinajstić information content (AvgIpc) is 2.15. The van der Waals surface area contributed by atoms with Gasteiger partial charge in [-0.2, -0.15) is 0 Å². The largest absolute Gasteiger partial charge is 0.396 e. The molecule has 0 aromatic heterocycles. The van der Waals surface area contributed by atoms with Crippen LogP contribution >= 0.6 is 0 Å². The fraction of sp³-hybridized carbons (Fsp3) is 0.933. The minimum Gasteiger partial charge on any atom is -0.396 e. The van der Waals surface area contributed by atoms with Crippen LogP contribution in [0.2, 0.25) is 0 Å². The second-order valence-corrected chi connectivity index (χ2v) is 7.13. The first kappa shape index (κ1) is 16.6. The summed E-state index contributed by atoms with van der Waals surface area (Å²) in [5.74, 6) is 0.378. The Hall–Kier alpha value is -0.370. The number of carbonyl (C=O) groups excluding carboxylic acids is 1. The highest BCUT2D eigenvalue weighted by Gasteiger charge is 2.16. The third-order valence-electron chi connectivity index (χ3n) is 3.12. The molecule has 0 radical (unpaired) electrons. The first-order chi connectivity index (χ1) is 7.66. The van der Waals surface area contributed by atoms with E-state index in [1.165, 1.54) is 0 Å². The van der Waals surface area contributed by atoms with E-state index < -0.39 is 0 Å². The van der Waals surface area contributed by atoms with Crippen LogP contribution in [0.3, 0.4) is 0 Å². The zero-order valence-electron chi connectivity index (χ0n) is 12.3. The molecule has 0 saturated heterocycles. The summed E-state index contributed by atoms with van der Waals surface area (Å²) >= 11 is 0. The molecule has 1 N–H and O–H groups in total. The lowest BCUT2D eigenvalue weighted by molar-refractivity contribution is -0.119. The molecule has 0 unspecified atom stereocenters. The molecule has 2 nitrogen and oxygen atoms in total. The molecule has 102 valence electrons. The lowest BCUT2D eigenvalue weighted by atomic mass is 9.87. The van der Waals surface area contributed by atoms with Crippen molar-refractivity contribution in [3.8, 4) is 0 Å². The molecule has 0 spiro atoms. The number of rotatable bonds is 8. The molecule has 0 heterocycles. The standard InChI is InChI=1S/C15H30O2/c1-14(2,3)10-6-8-13(17)9-7-11-15(4,5)12-16/h16H,6-12H2,1-5H3. The van der Waals surface area contributed by atoms with Gasteiger partial charge in [0.15, 0.2) is 0 Å². The van der Waals surface area contributed by atoms with Crippen LogP contribution in [0.25, 0.3) is 0 Å². The van der Waals surface area contributed by atoms with E-state index in [4.69, 9.17) is 5.11 Å². The quantitative estimate of drug-likeness (QED) is 0.699. The van der Waals surface area contributed by atoms with Gasteiger partial charge in [0, 0.05) is 19.4 Å². The molecular formula is C15H30O2. The monoisotopic (exact) mass is 242 g/mol. The first-order valence-electron chi connectivity index (χ1n) is 6.79. The SMILES string of the molecule is CC(C)(C)CCCC(=O)CCCC(C)(C)CO. The number of Topliss-reactive ketones (excluding diaryl/α,β-unsaturated/α-hetero) is 1. The molecule has 0 aromatic rings. The van der Waals surface area contributed by atoms with Crippen molar-refractivity contribution in [2.24, 2.45) is 10.8 Å². The maximum Gasteiger partial charge on any atom is 0.132 e. The van der Waals surface area contributed by atoms with E-state index in [2.05, 4.69) is 20.8 Å². The summed E-state index contributed by atoms with van der Waals surface area (Å²) in [4.78, 5) is 11.6. The van der Waals surface area contributed by atoms with Gasteiger partial charge in [0.1, 0.15) is 5.78 Å². The molecule has 0 saturated carbocycles. The van der Waals surface area contributed by atoms with Crippen molar-refractivity contribution >= 4 is 5.78 Å². The van der Waals surface area contributed by atoms with Crippen LogP contribution in [0.1, 0.15) is 73.1 Å². The van der Waals surface area contributed by atoms with Crippen LogP contribution in [0.5, 0.6) is 0 Å². The second-order valence-electron chi connectivity index (χ2n) is 7.13. The molecule has 0 bridgehead atoms. The van der Waals surface area contributed by atoms with Gasteiger partial charge < -0.3 is 5.11 Å². The van der Waals surface area contributed by atoms with Crippen molar-refractivity contribution < 1.29 is 9.90 Å². The van der Waals surface area contributed by atoms with Crippen LogP contribution in [0, 0.1) is 10.8 Å². The number of ketones is 1. The Balaban J connectivity index is 3.61. The van der Waals surface area contributed by atoms with E-state index >= 15 is 0 Å². The molecule has 0 fully saturated rings. The van der Waals surface area contributed by atoms with Crippen LogP contribution in [0.15, 0.2) is 0 Å². The highest BCUT2D eigenvalue weighted by atomic mass is 16.3. The minimum absolute atomic E-state index is 0.0360. The van der Waals surface area contributed by atoms with E-state index in [9.17, 15) is 4.79 Å². The van der Waals surface area contributed by atoms with Crippen LogP contribution < -0.4 is 0 Å². The van der Waals surface area contributed by atoms with Gasteiger partial charge in [-0.05, 0) is 36.5 Å². The van der Waals surface area contributed by atoms with Gasteiger partial charge in [0.2, 0.25) is 0 Å². The maximum atomic E-state index is 11.6. The number of carbonyl (C=O) groups is 1. The Bertz CT molecular complexity index is 224. The molecule has 0 aliphatic heterocycles. The summed E-state index contributed by atoms with van der Waals surface area (Å²) in [6.45, 7) is 10.9. The first-order valence-corrected chi connectivity index (χ1v) is 6.79. The van der Waals surface area contributed by atoms with Gasteiger partial charge >= 0.3 is 0 Å². The zero-order chi connectivity index (χ0) is 13.5. The molecule has 0 amide bonds. The molecule has 17 heavy (non-hydrogen) atoms. The lowest BCUT2D eigenvalue weighted by Gasteiger charge is -2.21. The van der Waals surface area contributed by atoms with Crippen molar-refractivity contribution in [3.63, 3.8) is 0 Å². The fourth-order valence-electron chi connectivity index (χ4n) is 1.78. The second kappa shape index (κ2) is 7.15. The molecule has 0 rings (SSSR count). The molecule has 0 aliphatic carbocycles. The predicted octanol–water partition coefficient (Wildman–Crippen LogP) is 3.96. The Kier molecular flexibility index (Phi) is 6.99.